The molecule has 0 radical (unpaired) electrons. The Hall–Kier alpha value is -2.02. The second-order valence-corrected chi connectivity index (χ2v) is 5.15. The average Bonchev–Trinajstić information content (AvgIpc) is 2.91. The number of ether oxygens (including phenoxy) is 1. The SMILES string of the molecule is CCOCC(C(C)C)n1nnnc1-c1ccc(N)c(F)c1. The maximum atomic E-state index is 13.6. The van der Waals surface area contributed by atoms with Crippen LogP contribution in [0.25, 0.3) is 11.4 Å². The summed E-state index contributed by atoms with van der Waals surface area (Å²) in [6, 6.07) is 4.54. The highest BCUT2D eigenvalue weighted by atomic mass is 19.1. The molecule has 2 rings (SSSR count). The first-order chi connectivity index (χ1) is 10.0. The van der Waals surface area contributed by atoms with E-state index in [4.69, 9.17) is 10.5 Å². The van der Waals surface area contributed by atoms with Crippen molar-refractivity contribution in [3.05, 3.63) is 24.0 Å². The minimum absolute atomic E-state index is 0.0180. The molecule has 0 aliphatic rings. The highest BCUT2D eigenvalue weighted by molar-refractivity contribution is 5.59. The summed E-state index contributed by atoms with van der Waals surface area (Å²) in [7, 11) is 0. The molecular weight excluding hydrogens is 273 g/mol. The summed E-state index contributed by atoms with van der Waals surface area (Å²) >= 11 is 0. The number of aromatic nitrogens is 4. The zero-order valence-electron chi connectivity index (χ0n) is 12.5. The van der Waals surface area contributed by atoms with Gasteiger partial charge in [-0.25, -0.2) is 9.07 Å². The predicted molar refractivity (Wildman–Crippen MR) is 78.0 cm³/mol. The number of nitrogens with zero attached hydrogens (tertiary/aromatic N) is 4. The van der Waals surface area contributed by atoms with Crippen LogP contribution in [0.15, 0.2) is 18.2 Å². The van der Waals surface area contributed by atoms with E-state index in [1.54, 1.807) is 10.7 Å². The molecule has 0 aliphatic heterocycles. The van der Waals surface area contributed by atoms with E-state index >= 15 is 0 Å². The quantitative estimate of drug-likeness (QED) is 0.827. The number of hydrogen-bond acceptors (Lipinski definition) is 5. The molecule has 1 heterocycles. The molecule has 0 amide bonds. The topological polar surface area (TPSA) is 78.8 Å². The molecule has 7 heteroatoms. The van der Waals surface area contributed by atoms with Gasteiger partial charge in [-0.15, -0.1) is 5.10 Å². The smallest absolute Gasteiger partial charge is 0.182 e. The Morgan fingerprint density at radius 1 is 1.38 bits per heavy atom. The summed E-state index contributed by atoms with van der Waals surface area (Å²) < 4.78 is 20.8. The summed E-state index contributed by atoms with van der Waals surface area (Å²) in [5, 5.41) is 11.8. The van der Waals surface area contributed by atoms with Gasteiger partial charge in [-0.2, -0.15) is 0 Å². The number of rotatable bonds is 6. The molecule has 0 fully saturated rings. The van der Waals surface area contributed by atoms with E-state index in [0.717, 1.165) is 0 Å². The molecule has 114 valence electrons. The van der Waals surface area contributed by atoms with Crippen molar-refractivity contribution in [3.63, 3.8) is 0 Å². The van der Waals surface area contributed by atoms with Gasteiger partial charge in [0.1, 0.15) is 5.82 Å². The van der Waals surface area contributed by atoms with Gasteiger partial charge in [-0.05, 0) is 41.5 Å². The lowest BCUT2D eigenvalue weighted by molar-refractivity contribution is 0.0913. The fourth-order valence-electron chi connectivity index (χ4n) is 2.06. The Kier molecular flexibility index (Phi) is 4.85. The molecule has 1 aromatic carbocycles. The van der Waals surface area contributed by atoms with E-state index < -0.39 is 5.82 Å². The van der Waals surface area contributed by atoms with Gasteiger partial charge in [0, 0.05) is 12.2 Å². The van der Waals surface area contributed by atoms with Gasteiger partial charge < -0.3 is 10.5 Å². The second kappa shape index (κ2) is 6.62. The van der Waals surface area contributed by atoms with Crippen LogP contribution in [-0.4, -0.2) is 33.4 Å². The second-order valence-electron chi connectivity index (χ2n) is 5.15. The minimum Gasteiger partial charge on any atom is -0.396 e. The molecule has 6 nitrogen and oxygen atoms in total. The van der Waals surface area contributed by atoms with Crippen molar-refractivity contribution in [2.45, 2.75) is 26.8 Å². The summed E-state index contributed by atoms with van der Waals surface area (Å²) in [6.45, 7) is 7.20. The van der Waals surface area contributed by atoms with Crippen LogP contribution in [-0.2, 0) is 4.74 Å². The lowest BCUT2D eigenvalue weighted by Gasteiger charge is -2.21. The number of halogens is 1. The fourth-order valence-corrected chi connectivity index (χ4v) is 2.06. The molecule has 1 unspecified atom stereocenters. The average molecular weight is 293 g/mol. The molecule has 1 aromatic heterocycles. The molecule has 1 atom stereocenters. The normalized spacial score (nSPS) is 12.8. The minimum atomic E-state index is -0.479. The molecule has 2 N–H and O–H groups in total. The maximum absolute atomic E-state index is 13.6. The number of nitrogens with two attached hydrogens (primary N) is 1. The van der Waals surface area contributed by atoms with Gasteiger partial charge in [-0.3, -0.25) is 0 Å². The molecule has 21 heavy (non-hydrogen) atoms. The molecular formula is C14H20FN5O. The van der Waals surface area contributed by atoms with Crippen molar-refractivity contribution >= 4 is 5.69 Å². The third-order valence-corrected chi connectivity index (χ3v) is 3.33. The van der Waals surface area contributed by atoms with E-state index in [0.29, 0.717) is 24.6 Å². The molecule has 0 spiro atoms. The zero-order valence-corrected chi connectivity index (χ0v) is 12.5. The highest BCUT2D eigenvalue weighted by Crippen LogP contribution is 2.25. The van der Waals surface area contributed by atoms with E-state index in [9.17, 15) is 4.39 Å². The van der Waals surface area contributed by atoms with Crippen molar-refractivity contribution in [1.29, 1.82) is 0 Å². The number of tetrazole rings is 1. The Morgan fingerprint density at radius 2 is 2.14 bits per heavy atom. The molecule has 0 saturated carbocycles. The fraction of sp³-hybridized carbons (Fsp3) is 0.500. The lowest BCUT2D eigenvalue weighted by Crippen LogP contribution is -2.23. The van der Waals surface area contributed by atoms with Gasteiger partial charge in [0.15, 0.2) is 5.82 Å². The molecule has 2 aromatic rings. The third kappa shape index (κ3) is 3.36. The van der Waals surface area contributed by atoms with E-state index in [2.05, 4.69) is 29.4 Å². The van der Waals surface area contributed by atoms with Gasteiger partial charge in [0.05, 0.1) is 18.3 Å². The van der Waals surface area contributed by atoms with Crippen molar-refractivity contribution < 1.29 is 9.13 Å². The van der Waals surface area contributed by atoms with Gasteiger partial charge in [0.2, 0.25) is 0 Å². The summed E-state index contributed by atoms with van der Waals surface area (Å²) in [6.07, 6.45) is 0. The summed E-state index contributed by atoms with van der Waals surface area (Å²) in [4.78, 5) is 0. The van der Waals surface area contributed by atoms with Gasteiger partial charge >= 0.3 is 0 Å². The summed E-state index contributed by atoms with van der Waals surface area (Å²) in [5.41, 5.74) is 6.20. The molecule has 0 bridgehead atoms. The van der Waals surface area contributed by atoms with Gasteiger partial charge in [-0.1, -0.05) is 13.8 Å². The first-order valence-corrected chi connectivity index (χ1v) is 6.95. The van der Waals surface area contributed by atoms with Crippen molar-refractivity contribution in [2.24, 2.45) is 5.92 Å². The Bertz CT molecular complexity index is 599. The van der Waals surface area contributed by atoms with Gasteiger partial charge in [0.25, 0.3) is 0 Å². The van der Waals surface area contributed by atoms with E-state index in [1.165, 1.54) is 12.1 Å². The van der Waals surface area contributed by atoms with Crippen LogP contribution in [0.5, 0.6) is 0 Å². The first-order valence-electron chi connectivity index (χ1n) is 6.95. The number of anilines is 1. The Balaban J connectivity index is 2.38. The van der Waals surface area contributed by atoms with Crippen LogP contribution < -0.4 is 5.73 Å². The first kappa shape index (κ1) is 15.4. The number of nitrogen functional groups attached to an aromatic ring is 1. The van der Waals surface area contributed by atoms with Crippen LogP contribution in [0, 0.1) is 11.7 Å². The maximum Gasteiger partial charge on any atom is 0.182 e. The number of hydrogen-bond donors (Lipinski definition) is 1. The van der Waals surface area contributed by atoms with E-state index in [1.807, 2.05) is 6.92 Å². The van der Waals surface area contributed by atoms with Crippen LogP contribution in [0.1, 0.15) is 26.8 Å². The van der Waals surface area contributed by atoms with E-state index in [-0.39, 0.29) is 17.6 Å². The standard InChI is InChI=1S/C14H20FN5O/c1-4-21-8-13(9(2)3)20-14(17-18-19-20)10-5-6-12(16)11(15)7-10/h5-7,9,13H,4,8,16H2,1-3H3. The van der Waals surface area contributed by atoms with Crippen LogP contribution in [0.3, 0.4) is 0 Å². The van der Waals surface area contributed by atoms with Crippen LogP contribution in [0.2, 0.25) is 0 Å². The van der Waals surface area contributed by atoms with Crippen molar-refractivity contribution in [1.82, 2.24) is 20.2 Å². The monoisotopic (exact) mass is 293 g/mol. The van der Waals surface area contributed by atoms with Crippen molar-refractivity contribution in [3.8, 4) is 11.4 Å². The Morgan fingerprint density at radius 3 is 2.76 bits per heavy atom. The Labute approximate surface area is 123 Å². The zero-order chi connectivity index (χ0) is 15.4. The molecule has 0 aliphatic carbocycles. The predicted octanol–water partition coefficient (Wildman–Crippen LogP) is 2.29. The summed E-state index contributed by atoms with van der Waals surface area (Å²) in [5.74, 6) is 0.303. The number of benzene rings is 1. The molecule has 0 saturated heterocycles. The van der Waals surface area contributed by atoms with Crippen LogP contribution >= 0.6 is 0 Å². The third-order valence-electron chi connectivity index (χ3n) is 3.33. The lowest BCUT2D eigenvalue weighted by atomic mass is 10.0. The highest BCUT2D eigenvalue weighted by Gasteiger charge is 2.22. The largest absolute Gasteiger partial charge is 0.396 e. The van der Waals surface area contributed by atoms with Crippen molar-refractivity contribution in [2.75, 3.05) is 18.9 Å². The van der Waals surface area contributed by atoms with Crippen LogP contribution in [0.4, 0.5) is 10.1 Å².